The minimum Gasteiger partial charge on any atom is -0.482 e. The van der Waals surface area contributed by atoms with Crippen molar-refractivity contribution >= 4 is 17.8 Å². The second-order valence-electron chi connectivity index (χ2n) is 6.18. The highest BCUT2D eigenvalue weighted by atomic mass is 16.6. The lowest BCUT2D eigenvalue weighted by molar-refractivity contribution is -0.153. The second kappa shape index (κ2) is 8.98. The van der Waals surface area contributed by atoms with Crippen LogP contribution in [0.5, 0.6) is 5.75 Å². The topological polar surface area (TPSA) is 84.9 Å². The zero-order chi connectivity index (χ0) is 19.1. The molecule has 1 saturated heterocycles. The number of benzene rings is 1. The number of carbonyl (C=O) groups is 2. The molecule has 1 aromatic heterocycles. The van der Waals surface area contributed by atoms with Crippen LogP contribution in [0.2, 0.25) is 0 Å². The van der Waals surface area contributed by atoms with Gasteiger partial charge in [0.25, 0.3) is 5.91 Å². The van der Waals surface area contributed by atoms with Crippen LogP contribution in [0.4, 0.5) is 5.95 Å². The predicted molar refractivity (Wildman–Crippen MR) is 98.5 cm³/mol. The van der Waals surface area contributed by atoms with Gasteiger partial charge < -0.3 is 19.3 Å². The van der Waals surface area contributed by atoms with Crippen LogP contribution in [0.3, 0.4) is 0 Å². The standard InChI is InChI=1S/C19H22N4O4/c1-15-4-2-5-16(12-15)26-14-18(25)27-13-17(24)22-8-10-23(11-9-22)19-20-6-3-7-21-19/h2-7,12H,8-11,13-14H2,1H3. The number of ether oxygens (including phenoxy) is 2. The van der Waals surface area contributed by atoms with Gasteiger partial charge in [-0.3, -0.25) is 4.79 Å². The fourth-order valence-corrected chi connectivity index (χ4v) is 2.73. The molecule has 2 heterocycles. The maximum atomic E-state index is 12.2. The first-order valence-electron chi connectivity index (χ1n) is 8.76. The first-order chi connectivity index (χ1) is 13.1. The minimum absolute atomic E-state index is 0.215. The molecule has 3 rings (SSSR count). The summed E-state index contributed by atoms with van der Waals surface area (Å²) >= 11 is 0. The van der Waals surface area contributed by atoms with E-state index in [1.807, 2.05) is 30.0 Å². The quantitative estimate of drug-likeness (QED) is 0.703. The van der Waals surface area contributed by atoms with E-state index in [1.165, 1.54) is 0 Å². The van der Waals surface area contributed by atoms with E-state index in [1.54, 1.807) is 29.4 Å². The second-order valence-corrected chi connectivity index (χ2v) is 6.18. The molecule has 0 spiro atoms. The average Bonchev–Trinajstić information content (AvgIpc) is 2.71. The third-order valence-corrected chi connectivity index (χ3v) is 4.17. The number of rotatable bonds is 6. The monoisotopic (exact) mass is 370 g/mol. The Labute approximate surface area is 157 Å². The van der Waals surface area contributed by atoms with Crippen LogP contribution in [0, 0.1) is 6.92 Å². The SMILES string of the molecule is Cc1cccc(OCC(=O)OCC(=O)N2CCN(c3ncccn3)CC2)c1. The van der Waals surface area contributed by atoms with Crippen molar-refractivity contribution in [1.82, 2.24) is 14.9 Å². The third kappa shape index (κ3) is 5.40. The van der Waals surface area contributed by atoms with Crippen molar-refractivity contribution in [2.75, 3.05) is 44.3 Å². The molecule has 0 unspecified atom stereocenters. The Balaban J connectivity index is 1.37. The zero-order valence-corrected chi connectivity index (χ0v) is 15.2. The molecule has 0 aliphatic carbocycles. The Morgan fingerprint density at radius 1 is 1.04 bits per heavy atom. The fraction of sp³-hybridized carbons (Fsp3) is 0.368. The maximum absolute atomic E-state index is 12.2. The minimum atomic E-state index is -0.568. The van der Waals surface area contributed by atoms with E-state index >= 15 is 0 Å². The lowest BCUT2D eigenvalue weighted by Gasteiger charge is -2.34. The molecule has 0 atom stereocenters. The van der Waals surface area contributed by atoms with Gasteiger partial charge in [0.2, 0.25) is 5.95 Å². The first-order valence-corrected chi connectivity index (χ1v) is 8.76. The molecule has 1 aliphatic heterocycles. The van der Waals surface area contributed by atoms with Gasteiger partial charge in [0, 0.05) is 38.6 Å². The number of carbonyl (C=O) groups excluding carboxylic acids is 2. The van der Waals surface area contributed by atoms with Crippen molar-refractivity contribution in [2.24, 2.45) is 0 Å². The summed E-state index contributed by atoms with van der Waals surface area (Å²) in [7, 11) is 0. The van der Waals surface area contributed by atoms with Crippen molar-refractivity contribution in [1.29, 1.82) is 0 Å². The lowest BCUT2D eigenvalue weighted by atomic mass is 10.2. The summed E-state index contributed by atoms with van der Waals surface area (Å²) in [6.07, 6.45) is 3.39. The van der Waals surface area contributed by atoms with E-state index in [-0.39, 0.29) is 19.1 Å². The number of nitrogens with zero attached hydrogens (tertiary/aromatic N) is 4. The third-order valence-electron chi connectivity index (χ3n) is 4.17. The van der Waals surface area contributed by atoms with E-state index in [0.29, 0.717) is 37.9 Å². The number of esters is 1. The van der Waals surface area contributed by atoms with E-state index in [9.17, 15) is 9.59 Å². The van der Waals surface area contributed by atoms with Crippen LogP contribution < -0.4 is 9.64 Å². The zero-order valence-electron chi connectivity index (χ0n) is 15.2. The smallest absolute Gasteiger partial charge is 0.344 e. The molecule has 0 saturated carbocycles. The van der Waals surface area contributed by atoms with Gasteiger partial charge in [0.05, 0.1) is 0 Å². The van der Waals surface area contributed by atoms with E-state index < -0.39 is 5.97 Å². The van der Waals surface area contributed by atoms with Crippen molar-refractivity contribution in [3.8, 4) is 5.75 Å². The summed E-state index contributed by atoms with van der Waals surface area (Å²) in [5.74, 6) is 0.468. The molecule has 0 radical (unpaired) electrons. The van der Waals surface area contributed by atoms with Crippen molar-refractivity contribution in [3.05, 3.63) is 48.3 Å². The number of hydrogen-bond donors (Lipinski definition) is 0. The summed E-state index contributed by atoms with van der Waals surface area (Å²) in [4.78, 5) is 36.1. The van der Waals surface area contributed by atoms with Crippen molar-refractivity contribution in [2.45, 2.75) is 6.92 Å². The number of piperazine rings is 1. The number of aromatic nitrogens is 2. The summed E-state index contributed by atoms with van der Waals surface area (Å²) in [6, 6.07) is 9.14. The summed E-state index contributed by atoms with van der Waals surface area (Å²) in [6.45, 7) is 3.78. The summed E-state index contributed by atoms with van der Waals surface area (Å²) in [5, 5.41) is 0. The molecule has 1 aromatic carbocycles. The van der Waals surface area contributed by atoms with Crippen molar-refractivity contribution in [3.63, 3.8) is 0 Å². The van der Waals surface area contributed by atoms with Gasteiger partial charge in [-0.05, 0) is 30.7 Å². The molecule has 8 nitrogen and oxygen atoms in total. The Bertz CT molecular complexity index is 776. The summed E-state index contributed by atoms with van der Waals surface area (Å²) in [5.41, 5.74) is 1.04. The van der Waals surface area contributed by atoms with Gasteiger partial charge >= 0.3 is 5.97 Å². The molecule has 0 N–H and O–H groups in total. The van der Waals surface area contributed by atoms with Crippen LogP contribution in [0.1, 0.15) is 5.56 Å². The molecule has 1 aliphatic rings. The number of anilines is 1. The number of amides is 1. The van der Waals surface area contributed by atoms with Gasteiger partial charge in [-0.15, -0.1) is 0 Å². The van der Waals surface area contributed by atoms with Crippen LogP contribution >= 0.6 is 0 Å². The number of hydrogen-bond acceptors (Lipinski definition) is 7. The highest BCUT2D eigenvalue weighted by Crippen LogP contribution is 2.12. The van der Waals surface area contributed by atoms with E-state index in [0.717, 1.165) is 5.56 Å². The van der Waals surface area contributed by atoms with E-state index in [4.69, 9.17) is 9.47 Å². The number of aryl methyl sites for hydroxylation is 1. The van der Waals surface area contributed by atoms with E-state index in [2.05, 4.69) is 9.97 Å². The predicted octanol–water partition coefficient (Wildman–Crippen LogP) is 1.06. The Hall–Kier alpha value is -3.16. The van der Waals surface area contributed by atoms with Gasteiger partial charge in [0.1, 0.15) is 5.75 Å². The molecule has 2 aromatic rings. The Kier molecular flexibility index (Phi) is 6.19. The summed E-state index contributed by atoms with van der Waals surface area (Å²) < 4.78 is 10.4. The first kappa shape index (κ1) is 18.6. The average molecular weight is 370 g/mol. The Morgan fingerprint density at radius 3 is 2.48 bits per heavy atom. The molecular formula is C19H22N4O4. The van der Waals surface area contributed by atoms with Crippen molar-refractivity contribution < 1.29 is 19.1 Å². The fourth-order valence-electron chi connectivity index (χ4n) is 2.73. The molecule has 0 bridgehead atoms. The highest BCUT2D eigenvalue weighted by Gasteiger charge is 2.23. The van der Waals surface area contributed by atoms with Gasteiger partial charge in [-0.25, -0.2) is 14.8 Å². The lowest BCUT2D eigenvalue weighted by Crippen LogP contribution is -2.50. The molecule has 8 heteroatoms. The van der Waals surface area contributed by atoms with Gasteiger partial charge in [-0.1, -0.05) is 12.1 Å². The maximum Gasteiger partial charge on any atom is 0.344 e. The largest absolute Gasteiger partial charge is 0.482 e. The normalized spacial score (nSPS) is 14.0. The van der Waals surface area contributed by atoms with Gasteiger partial charge in [0.15, 0.2) is 13.2 Å². The van der Waals surface area contributed by atoms with Crippen LogP contribution in [-0.4, -0.2) is 66.1 Å². The molecule has 142 valence electrons. The van der Waals surface area contributed by atoms with Crippen LogP contribution in [0.25, 0.3) is 0 Å². The van der Waals surface area contributed by atoms with Crippen LogP contribution in [-0.2, 0) is 14.3 Å². The van der Waals surface area contributed by atoms with Crippen LogP contribution in [0.15, 0.2) is 42.7 Å². The molecule has 1 fully saturated rings. The Morgan fingerprint density at radius 2 is 1.78 bits per heavy atom. The van der Waals surface area contributed by atoms with Gasteiger partial charge in [-0.2, -0.15) is 0 Å². The molecule has 1 amide bonds. The highest BCUT2D eigenvalue weighted by molar-refractivity contribution is 5.81. The molecular weight excluding hydrogens is 348 g/mol. The molecule has 27 heavy (non-hydrogen) atoms.